The molecule has 32 heavy (non-hydrogen) atoms. The fourth-order valence-corrected chi connectivity index (χ4v) is 3.95. The Morgan fingerprint density at radius 1 is 1.22 bits per heavy atom. The standard InChI is InChI=1S/C22H23F3N2O4S/c1-12-10-14(4-9-17(12)20(29)31-32-26)13(2)27-19(28)18-11-21(18,3)15-5-7-16(8-6-15)30-22(23,24)25/h4-10,13,18H,11,26H2,1-3H3,(H,27,28)/t13-,18+,21+/m1/s1. The molecule has 2 aromatic rings. The van der Waals surface area contributed by atoms with Crippen molar-refractivity contribution >= 4 is 24.1 Å². The molecule has 0 bridgehead atoms. The molecule has 172 valence electrons. The van der Waals surface area contributed by atoms with Crippen molar-refractivity contribution in [1.82, 2.24) is 5.32 Å². The van der Waals surface area contributed by atoms with Gasteiger partial charge in [-0.05, 0) is 55.2 Å². The number of benzene rings is 2. The van der Waals surface area contributed by atoms with Crippen molar-refractivity contribution < 1.29 is 31.7 Å². The van der Waals surface area contributed by atoms with Crippen molar-refractivity contribution in [2.45, 2.75) is 45.0 Å². The Bertz CT molecular complexity index is 1010. The van der Waals surface area contributed by atoms with Crippen LogP contribution in [0.25, 0.3) is 0 Å². The zero-order valence-corrected chi connectivity index (χ0v) is 18.5. The van der Waals surface area contributed by atoms with E-state index in [-0.39, 0.29) is 23.6 Å². The molecule has 2 aromatic carbocycles. The highest BCUT2D eigenvalue weighted by molar-refractivity contribution is 7.92. The Balaban J connectivity index is 1.63. The highest BCUT2D eigenvalue weighted by Gasteiger charge is 2.55. The van der Waals surface area contributed by atoms with Crippen LogP contribution < -0.4 is 15.2 Å². The highest BCUT2D eigenvalue weighted by atomic mass is 32.2. The zero-order valence-electron chi connectivity index (χ0n) is 17.7. The number of amides is 1. The molecule has 3 atom stereocenters. The summed E-state index contributed by atoms with van der Waals surface area (Å²) in [7, 11) is 0. The van der Waals surface area contributed by atoms with Gasteiger partial charge >= 0.3 is 12.3 Å². The van der Waals surface area contributed by atoms with Crippen LogP contribution in [0.2, 0.25) is 0 Å². The molecule has 0 saturated heterocycles. The fraction of sp³-hybridized carbons (Fsp3) is 0.364. The maximum Gasteiger partial charge on any atom is 0.573 e. The Morgan fingerprint density at radius 2 is 1.88 bits per heavy atom. The van der Waals surface area contributed by atoms with E-state index in [1.165, 1.54) is 12.1 Å². The summed E-state index contributed by atoms with van der Waals surface area (Å²) in [6.45, 7) is 5.50. The van der Waals surface area contributed by atoms with Gasteiger partial charge in [-0.15, -0.1) is 13.2 Å². The van der Waals surface area contributed by atoms with Gasteiger partial charge in [0.1, 0.15) is 18.0 Å². The summed E-state index contributed by atoms with van der Waals surface area (Å²) in [5, 5.41) is 8.13. The molecule has 0 spiro atoms. The van der Waals surface area contributed by atoms with Crippen molar-refractivity contribution in [3.05, 3.63) is 64.7 Å². The summed E-state index contributed by atoms with van der Waals surface area (Å²) in [6, 6.07) is 10.5. The van der Waals surface area contributed by atoms with E-state index in [1.54, 1.807) is 37.3 Å². The molecule has 1 aliphatic carbocycles. The lowest BCUT2D eigenvalue weighted by atomic mass is 9.95. The minimum Gasteiger partial charge on any atom is -0.406 e. The summed E-state index contributed by atoms with van der Waals surface area (Å²) < 4.78 is 45.6. The first-order valence-corrected chi connectivity index (χ1v) is 10.6. The van der Waals surface area contributed by atoms with Crippen molar-refractivity contribution in [1.29, 1.82) is 0 Å². The molecule has 10 heteroatoms. The van der Waals surface area contributed by atoms with E-state index in [0.29, 0.717) is 29.8 Å². The lowest BCUT2D eigenvalue weighted by Gasteiger charge is -2.18. The van der Waals surface area contributed by atoms with Crippen molar-refractivity contribution in [2.75, 3.05) is 0 Å². The van der Waals surface area contributed by atoms with E-state index >= 15 is 0 Å². The number of hydrogen-bond donors (Lipinski definition) is 2. The third-order valence-corrected chi connectivity index (χ3v) is 6.00. The van der Waals surface area contributed by atoms with Gasteiger partial charge in [0.15, 0.2) is 0 Å². The van der Waals surface area contributed by atoms with Gasteiger partial charge < -0.3 is 14.2 Å². The monoisotopic (exact) mass is 468 g/mol. The smallest absolute Gasteiger partial charge is 0.406 e. The number of carbonyl (C=O) groups excluding carboxylic acids is 2. The number of alkyl halides is 3. The average molecular weight is 468 g/mol. The summed E-state index contributed by atoms with van der Waals surface area (Å²) in [4.78, 5) is 24.7. The molecule has 1 amide bonds. The number of carbonyl (C=O) groups is 2. The molecule has 0 unspecified atom stereocenters. The molecule has 1 fully saturated rings. The van der Waals surface area contributed by atoms with Gasteiger partial charge in [-0.1, -0.05) is 31.2 Å². The van der Waals surface area contributed by atoms with Crippen LogP contribution in [-0.2, 0) is 14.4 Å². The summed E-state index contributed by atoms with van der Waals surface area (Å²) >= 11 is 0.480. The van der Waals surface area contributed by atoms with Crippen LogP contribution in [0, 0.1) is 12.8 Å². The predicted molar refractivity (Wildman–Crippen MR) is 114 cm³/mol. The molecule has 0 radical (unpaired) electrons. The fourth-order valence-electron chi connectivity index (χ4n) is 3.77. The van der Waals surface area contributed by atoms with Crippen LogP contribution in [0.3, 0.4) is 0 Å². The molecule has 3 rings (SSSR count). The van der Waals surface area contributed by atoms with E-state index in [0.717, 1.165) is 11.1 Å². The first-order chi connectivity index (χ1) is 14.9. The molecular formula is C22H23F3N2O4S. The number of nitrogens with one attached hydrogen (secondary N) is 1. The first kappa shape index (κ1) is 23.9. The van der Waals surface area contributed by atoms with Gasteiger partial charge in [0.25, 0.3) is 0 Å². The van der Waals surface area contributed by atoms with Gasteiger partial charge in [-0.2, -0.15) is 0 Å². The van der Waals surface area contributed by atoms with Crippen LogP contribution in [-0.4, -0.2) is 18.2 Å². The van der Waals surface area contributed by atoms with E-state index in [2.05, 4.69) is 10.1 Å². The maximum absolute atomic E-state index is 12.8. The predicted octanol–water partition coefficient (Wildman–Crippen LogP) is 4.73. The minimum absolute atomic E-state index is 0.142. The lowest BCUT2D eigenvalue weighted by Crippen LogP contribution is -2.30. The number of aryl methyl sites for hydroxylation is 1. The maximum atomic E-state index is 12.8. The lowest BCUT2D eigenvalue weighted by molar-refractivity contribution is -0.274. The second-order valence-electron chi connectivity index (χ2n) is 8.02. The molecular weight excluding hydrogens is 445 g/mol. The molecule has 6 nitrogen and oxygen atoms in total. The topological polar surface area (TPSA) is 90.6 Å². The molecule has 0 aliphatic heterocycles. The second-order valence-corrected chi connectivity index (χ2v) is 8.38. The van der Waals surface area contributed by atoms with Crippen LogP contribution in [0.5, 0.6) is 5.75 Å². The SMILES string of the molecule is Cc1cc([C@@H](C)NC(=O)[C@@H]2C[C@@]2(C)c2ccc(OC(F)(F)F)cc2)ccc1C(=O)OSN. The van der Waals surface area contributed by atoms with Gasteiger partial charge in [0, 0.05) is 11.3 Å². The van der Waals surface area contributed by atoms with Crippen molar-refractivity contribution in [2.24, 2.45) is 11.1 Å². The summed E-state index contributed by atoms with van der Waals surface area (Å²) in [6.07, 6.45) is -4.16. The van der Waals surface area contributed by atoms with Gasteiger partial charge in [-0.25, -0.2) is 9.93 Å². The number of hydrogen-bond acceptors (Lipinski definition) is 6. The molecule has 1 aliphatic rings. The second kappa shape index (κ2) is 9.03. The largest absolute Gasteiger partial charge is 0.573 e. The number of halogens is 3. The quantitative estimate of drug-likeness (QED) is 0.451. The molecule has 0 aromatic heterocycles. The Morgan fingerprint density at radius 3 is 2.44 bits per heavy atom. The average Bonchev–Trinajstić information content (AvgIpc) is 3.40. The molecule has 0 heterocycles. The third kappa shape index (κ3) is 5.36. The van der Waals surface area contributed by atoms with E-state index in [9.17, 15) is 22.8 Å². The van der Waals surface area contributed by atoms with Crippen molar-refractivity contribution in [3.8, 4) is 5.75 Å². The van der Waals surface area contributed by atoms with E-state index < -0.39 is 17.7 Å². The van der Waals surface area contributed by atoms with E-state index in [1.807, 2.05) is 13.8 Å². The summed E-state index contributed by atoms with van der Waals surface area (Å²) in [5.41, 5.74) is 2.22. The zero-order chi connectivity index (χ0) is 23.7. The Kier molecular flexibility index (Phi) is 6.75. The van der Waals surface area contributed by atoms with Crippen LogP contribution in [0.4, 0.5) is 13.2 Å². The highest BCUT2D eigenvalue weighted by Crippen LogP contribution is 2.54. The van der Waals surface area contributed by atoms with Crippen LogP contribution in [0.15, 0.2) is 42.5 Å². The third-order valence-electron chi connectivity index (χ3n) is 5.75. The molecule has 3 N–H and O–H groups in total. The Hall–Kier alpha value is -2.72. The van der Waals surface area contributed by atoms with Crippen molar-refractivity contribution in [3.63, 3.8) is 0 Å². The van der Waals surface area contributed by atoms with Crippen LogP contribution in [0.1, 0.15) is 53.4 Å². The number of nitrogens with two attached hydrogens (primary N) is 1. The molecule has 1 saturated carbocycles. The van der Waals surface area contributed by atoms with Crippen LogP contribution >= 0.6 is 12.2 Å². The Labute approximate surface area is 188 Å². The summed E-state index contributed by atoms with van der Waals surface area (Å²) in [5.74, 6) is -1.28. The minimum atomic E-state index is -4.75. The normalized spacial score (nSPS) is 20.9. The van der Waals surface area contributed by atoms with E-state index in [4.69, 9.17) is 9.32 Å². The number of ether oxygens (including phenoxy) is 1. The first-order valence-electron chi connectivity index (χ1n) is 9.79. The number of rotatable bonds is 7. The van der Waals surface area contributed by atoms with Gasteiger partial charge in [0.2, 0.25) is 5.91 Å². The van der Waals surface area contributed by atoms with Gasteiger partial charge in [0.05, 0.1) is 11.6 Å². The van der Waals surface area contributed by atoms with Gasteiger partial charge in [-0.3, -0.25) is 4.79 Å².